The van der Waals surface area contributed by atoms with Crippen LogP contribution in [-0.4, -0.2) is 34.6 Å². The van der Waals surface area contributed by atoms with Crippen LogP contribution in [0.15, 0.2) is 12.1 Å². The average molecular weight is 308 g/mol. The third-order valence-corrected chi connectivity index (χ3v) is 3.18. The molecule has 0 bridgehead atoms. The van der Waals surface area contributed by atoms with Crippen LogP contribution in [0.3, 0.4) is 0 Å². The van der Waals surface area contributed by atoms with Crippen molar-refractivity contribution in [3.8, 4) is 0 Å². The summed E-state index contributed by atoms with van der Waals surface area (Å²) >= 11 is 1.68. The highest BCUT2D eigenvalue weighted by Crippen LogP contribution is 2.29. The number of alkyl halides is 3. The van der Waals surface area contributed by atoms with Gasteiger partial charge in [0.25, 0.3) is 0 Å². The van der Waals surface area contributed by atoms with Gasteiger partial charge in [0.2, 0.25) is 0 Å². The summed E-state index contributed by atoms with van der Waals surface area (Å²) < 4.78 is 37.6. The quantitative estimate of drug-likeness (QED) is 0.756. The van der Waals surface area contributed by atoms with Gasteiger partial charge in [-0.2, -0.15) is 24.9 Å². The van der Waals surface area contributed by atoms with Gasteiger partial charge in [-0.15, -0.1) is 0 Å². The van der Waals surface area contributed by atoms with E-state index in [1.54, 1.807) is 11.8 Å². The van der Waals surface area contributed by atoms with E-state index < -0.39 is 17.8 Å². The van der Waals surface area contributed by atoms with Crippen molar-refractivity contribution in [2.24, 2.45) is 0 Å². The van der Waals surface area contributed by atoms with Gasteiger partial charge in [-0.3, -0.25) is 0 Å². The summed E-state index contributed by atoms with van der Waals surface area (Å²) in [5, 5.41) is 11.6. The number of halogens is 3. The normalized spacial score (nSPS) is 11.4. The molecule has 0 fully saturated rings. The molecule has 0 saturated carbocycles. The lowest BCUT2D eigenvalue weighted by Gasteiger charge is -2.12. The van der Waals surface area contributed by atoms with Crippen molar-refractivity contribution in [1.29, 1.82) is 0 Å². The second kappa shape index (κ2) is 7.37. The van der Waals surface area contributed by atoms with Gasteiger partial charge >= 0.3 is 12.1 Å². The molecule has 0 aromatic carbocycles. The fourth-order valence-electron chi connectivity index (χ4n) is 1.50. The first kappa shape index (κ1) is 16.6. The topological polar surface area (TPSA) is 62.2 Å². The number of aromatic nitrogens is 1. The molecule has 8 heteroatoms. The van der Waals surface area contributed by atoms with Gasteiger partial charge in [-0.25, -0.2) is 9.78 Å². The molecule has 0 atom stereocenters. The van der Waals surface area contributed by atoms with Crippen molar-refractivity contribution in [2.75, 3.05) is 23.9 Å². The van der Waals surface area contributed by atoms with Gasteiger partial charge in [-0.05, 0) is 37.0 Å². The van der Waals surface area contributed by atoms with Crippen LogP contribution in [0.2, 0.25) is 0 Å². The first-order valence-electron chi connectivity index (χ1n) is 5.90. The number of anilines is 1. The van der Waals surface area contributed by atoms with Gasteiger partial charge in [0.15, 0.2) is 0 Å². The van der Waals surface area contributed by atoms with E-state index in [9.17, 15) is 18.0 Å². The number of aromatic carboxylic acids is 1. The smallest absolute Gasteiger partial charge is 0.433 e. The highest BCUT2D eigenvalue weighted by atomic mass is 32.2. The lowest BCUT2D eigenvalue weighted by atomic mass is 10.2. The standard InChI is InChI=1S/C12H15F3N2O2S/c1-20-7-3-2-6-16-10-8(11(18)19)4-5-9(17-10)12(13,14)15/h4-5H,2-3,6-7H2,1H3,(H,16,17)(H,18,19). The van der Waals surface area contributed by atoms with Gasteiger partial charge in [-0.1, -0.05) is 0 Å². The van der Waals surface area contributed by atoms with Gasteiger partial charge in [0.1, 0.15) is 17.1 Å². The van der Waals surface area contributed by atoms with Crippen LogP contribution in [0.5, 0.6) is 0 Å². The number of nitrogens with one attached hydrogen (secondary N) is 1. The van der Waals surface area contributed by atoms with E-state index in [0.717, 1.165) is 24.7 Å². The second-order valence-electron chi connectivity index (χ2n) is 4.02. The summed E-state index contributed by atoms with van der Waals surface area (Å²) in [6.07, 6.45) is -0.996. The number of rotatable bonds is 7. The Bertz CT molecular complexity index is 467. The molecule has 0 aliphatic heterocycles. The number of hydrogen-bond donors (Lipinski definition) is 2. The first-order valence-corrected chi connectivity index (χ1v) is 7.30. The molecule has 0 radical (unpaired) electrons. The minimum Gasteiger partial charge on any atom is -0.478 e. The second-order valence-corrected chi connectivity index (χ2v) is 5.01. The molecule has 0 saturated heterocycles. The van der Waals surface area contributed by atoms with Crippen molar-refractivity contribution in [1.82, 2.24) is 4.98 Å². The molecule has 1 aromatic heterocycles. The molecule has 1 aromatic rings. The van der Waals surface area contributed by atoms with Crippen LogP contribution in [0.25, 0.3) is 0 Å². The summed E-state index contributed by atoms with van der Waals surface area (Å²) in [7, 11) is 0. The van der Waals surface area contributed by atoms with Gasteiger partial charge in [0, 0.05) is 6.54 Å². The minimum atomic E-state index is -4.59. The van der Waals surface area contributed by atoms with E-state index in [0.29, 0.717) is 12.6 Å². The number of carbonyl (C=O) groups is 1. The number of carboxylic acids is 1. The van der Waals surface area contributed by atoms with Crippen LogP contribution in [0.1, 0.15) is 28.9 Å². The van der Waals surface area contributed by atoms with Gasteiger partial charge < -0.3 is 10.4 Å². The van der Waals surface area contributed by atoms with Crippen molar-refractivity contribution >= 4 is 23.5 Å². The summed E-state index contributed by atoms with van der Waals surface area (Å²) in [5.41, 5.74) is -1.36. The maximum atomic E-state index is 12.5. The molecule has 0 aliphatic rings. The van der Waals surface area contributed by atoms with E-state index in [-0.39, 0.29) is 11.4 Å². The molecule has 0 amide bonds. The number of unbranched alkanes of at least 4 members (excludes halogenated alkanes) is 1. The zero-order valence-electron chi connectivity index (χ0n) is 10.8. The van der Waals surface area contributed by atoms with E-state index in [1.165, 1.54) is 0 Å². The predicted octanol–water partition coefficient (Wildman–Crippen LogP) is 3.35. The molecule has 20 heavy (non-hydrogen) atoms. The summed E-state index contributed by atoms with van der Waals surface area (Å²) in [6.45, 7) is 0.384. The minimum absolute atomic E-state index is 0.239. The van der Waals surface area contributed by atoms with Crippen molar-refractivity contribution in [2.45, 2.75) is 19.0 Å². The van der Waals surface area contributed by atoms with Crippen LogP contribution in [0.4, 0.5) is 19.0 Å². The maximum Gasteiger partial charge on any atom is 0.433 e. The number of pyridine rings is 1. The number of thioether (sulfide) groups is 1. The number of carboxylic acid groups (broad SMARTS) is 1. The Kier molecular flexibility index (Phi) is 6.12. The van der Waals surface area contributed by atoms with Crippen LogP contribution < -0.4 is 5.32 Å². The lowest BCUT2D eigenvalue weighted by molar-refractivity contribution is -0.141. The molecule has 2 N–H and O–H groups in total. The molecule has 1 rings (SSSR count). The van der Waals surface area contributed by atoms with Crippen molar-refractivity contribution in [3.63, 3.8) is 0 Å². The molecular weight excluding hydrogens is 293 g/mol. The molecule has 112 valence electrons. The Labute approximate surface area is 118 Å². The molecule has 4 nitrogen and oxygen atoms in total. The van der Waals surface area contributed by atoms with Crippen molar-refractivity contribution < 1.29 is 23.1 Å². The summed E-state index contributed by atoms with van der Waals surface area (Å²) in [5.74, 6) is -0.599. The van der Waals surface area contributed by atoms with E-state index in [1.807, 2.05) is 6.26 Å². The fraction of sp³-hybridized carbons (Fsp3) is 0.500. The Hall–Kier alpha value is -1.44. The Morgan fingerprint density at radius 2 is 2.10 bits per heavy atom. The van der Waals surface area contributed by atoms with E-state index >= 15 is 0 Å². The molecule has 0 aliphatic carbocycles. The zero-order valence-corrected chi connectivity index (χ0v) is 11.6. The Morgan fingerprint density at radius 1 is 1.40 bits per heavy atom. The Morgan fingerprint density at radius 3 is 2.65 bits per heavy atom. The molecular formula is C12H15F3N2O2S. The number of nitrogens with zero attached hydrogens (tertiary/aromatic N) is 1. The first-order chi connectivity index (χ1) is 9.36. The average Bonchev–Trinajstić information content (AvgIpc) is 2.37. The maximum absolute atomic E-state index is 12.5. The highest BCUT2D eigenvalue weighted by Gasteiger charge is 2.33. The van der Waals surface area contributed by atoms with E-state index in [4.69, 9.17) is 5.11 Å². The zero-order chi connectivity index (χ0) is 15.2. The van der Waals surface area contributed by atoms with Gasteiger partial charge in [0.05, 0.1) is 0 Å². The largest absolute Gasteiger partial charge is 0.478 e. The SMILES string of the molecule is CSCCCCNc1nc(C(F)(F)F)ccc1C(=O)O. The fourth-order valence-corrected chi connectivity index (χ4v) is 2.00. The van der Waals surface area contributed by atoms with Crippen LogP contribution >= 0.6 is 11.8 Å². The summed E-state index contributed by atoms with van der Waals surface area (Å²) in [4.78, 5) is 14.3. The third-order valence-electron chi connectivity index (χ3n) is 2.48. The Balaban J connectivity index is 2.81. The monoisotopic (exact) mass is 308 g/mol. The van der Waals surface area contributed by atoms with E-state index in [2.05, 4.69) is 10.3 Å². The third kappa shape index (κ3) is 4.92. The molecule has 0 spiro atoms. The van der Waals surface area contributed by atoms with Crippen LogP contribution in [-0.2, 0) is 6.18 Å². The lowest BCUT2D eigenvalue weighted by Crippen LogP contribution is -2.15. The summed E-state index contributed by atoms with van der Waals surface area (Å²) in [6, 6.07) is 1.59. The molecule has 0 unspecified atom stereocenters. The van der Waals surface area contributed by atoms with Crippen molar-refractivity contribution in [3.05, 3.63) is 23.4 Å². The predicted molar refractivity (Wildman–Crippen MR) is 72.3 cm³/mol. The number of hydrogen-bond acceptors (Lipinski definition) is 4. The van der Waals surface area contributed by atoms with Crippen LogP contribution in [0, 0.1) is 0 Å². The highest BCUT2D eigenvalue weighted by molar-refractivity contribution is 7.98. The molecule has 1 heterocycles.